The molecular formula is C15H16O2. The first-order valence-electron chi connectivity index (χ1n) is 5.40. The van der Waals surface area contributed by atoms with Gasteiger partial charge >= 0.3 is 0 Å². The smallest absolute Gasteiger partial charge is 0.200 e. The van der Waals surface area contributed by atoms with Gasteiger partial charge in [-0.15, -0.1) is 0 Å². The molecule has 0 aromatic carbocycles. The molecule has 1 rings (SSSR count). The lowest BCUT2D eigenvalue weighted by atomic mass is 10.1. The highest BCUT2D eigenvalue weighted by atomic mass is 16.3. The van der Waals surface area contributed by atoms with E-state index in [1.807, 2.05) is 19.9 Å². The fraction of sp³-hybridized carbons (Fsp3) is 0.133. The van der Waals surface area contributed by atoms with Crippen LogP contribution >= 0.6 is 0 Å². The second kappa shape index (κ2) is 5.85. The van der Waals surface area contributed by atoms with E-state index >= 15 is 0 Å². The Labute approximate surface area is 101 Å². The van der Waals surface area contributed by atoms with Gasteiger partial charge in [0.1, 0.15) is 11.2 Å². The highest BCUT2D eigenvalue weighted by Crippen LogP contribution is 2.02. The van der Waals surface area contributed by atoms with Gasteiger partial charge in [-0.25, -0.2) is 0 Å². The molecule has 0 radical (unpaired) electrons. The topological polar surface area (TPSA) is 30.2 Å². The van der Waals surface area contributed by atoms with E-state index in [9.17, 15) is 4.79 Å². The van der Waals surface area contributed by atoms with Crippen molar-refractivity contribution in [3.63, 3.8) is 0 Å². The van der Waals surface area contributed by atoms with E-state index in [-0.39, 0.29) is 5.43 Å². The summed E-state index contributed by atoms with van der Waals surface area (Å²) in [5.41, 5.74) is 0.905. The molecule has 0 aliphatic carbocycles. The summed E-state index contributed by atoms with van der Waals surface area (Å²) in [7, 11) is 0. The van der Waals surface area contributed by atoms with Crippen molar-refractivity contribution >= 4 is 24.3 Å². The Hall–Kier alpha value is -2.09. The number of hydrogen-bond donors (Lipinski definition) is 0. The summed E-state index contributed by atoms with van der Waals surface area (Å²) < 4.78 is 5.60. The summed E-state index contributed by atoms with van der Waals surface area (Å²) in [4.78, 5) is 12.2. The van der Waals surface area contributed by atoms with E-state index in [4.69, 9.17) is 4.42 Å². The molecule has 1 aromatic heterocycles. The molecule has 1 heterocycles. The van der Waals surface area contributed by atoms with Crippen molar-refractivity contribution in [2.24, 2.45) is 0 Å². The normalized spacial score (nSPS) is 13.3. The molecule has 88 valence electrons. The third-order valence-electron chi connectivity index (χ3n) is 2.35. The quantitative estimate of drug-likeness (QED) is 0.793. The Bertz CT molecular complexity index is 628. The third-order valence-corrected chi connectivity index (χ3v) is 2.35. The molecule has 0 amide bonds. The van der Waals surface area contributed by atoms with Gasteiger partial charge in [0, 0.05) is 0 Å². The van der Waals surface area contributed by atoms with Crippen molar-refractivity contribution in [2.45, 2.75) is 13.8 Å². The average molecular weight is 228 g/mol. The molecule has 0 N–H and O–H groups in total. The van der Waals surface area contributed by atoms with Crippen LogP contribution in [0.2, 0.25) is 0 Å². The van der Waals surface area contributed by atoms with Crippen molar-refractivity contribution in [1.29, 1.82) is 0 Å². The molecule has 0 aliphatic heterocycles. The van der Waals surface area contributed by atoms with Gasteiger partial charge in [0.25, 0.3) is 0 Å². The highest BCUT2D eigenvalue weighted by Gasteiger charge is 2.05. The van der Waals surface area contributed by atoms with Crippen molar-refractivity contribution in [3.05, 3.63) is 57.5 Å². The van der Waals surface area contributed by atoms with Crippen LogP contribution in [0, 0.1) is 0 Å². The standard InChI is InChI=1S/C15H16O2/c1-5-9-10-12-14(8-4)17-13(7-3)11(6-2)15(12)16/h5-10H,2-3H2,1,4H3/b9-5-,12-10+,14-8+. The van der Waals surface area contributed by atoms with Crippen LogP contribution in [0.5, 0.6) is 0 Å². The molecule has 2 heteroatoms. The summed E-state index contributed by atoms with van der Waals surface area (Å²) in [5, 5.41) is 0.533. The fourth-order valence-electron chi connectivity index (χ4n) is 1.51. The molecule has 2 nitrogen and oxygen atoms in total. The third kappa shape index (κ3) is 2.53. The average Bonchev–Trinajstić information content (AvgIpc) is 2.36. The van der Waals surface area contributed by atoms with Crippen LogP contribution in [0.1, 0.15) is 25.2 Å². The number of hydrogen-bond acceptors (Lipinski definition) is 2. The molecule has 0 aliphatic rings. The minimum absolute atomic E-state index is 0.0904. The van der Waals surface area contributed by atoms with Crippen LogP contribution < -0.4 is 16.1 Å². The highest BCUT2D eigenvalue weighted by molar-refractivity contribution is 5.59. The largest absolute Gasteiger partial charge is 0.456 e. The summed E-state index contributed by atoms with van der Waals surface area (Å²) >= 11 is 0. The molecule has 0 saturated heterocycles. The lowest BCUT2D eigenvalue weighted by Gasteiger charge is -1.99. The Balaban J connectivity index is 3.91. The zero-order valence-corrected chi connectivity index (χ0v) is 10.2. The molecule has 0 unspecified atom stereocenters. The summed E-state index contributed by atoms with van der Waals surface area (Å²) in [6.45, 7) is 11.0. The Morgan fingerprint density at radius 1 is 1.18 bits per heavy atom. The van der Waals surface area contributed by atoms with Gasteiger partial charge in [-0.3, -0.25) is 4.79 Å². The minimum Gasteiger partial charge on any atom is -0.456 e. The molecule has 0 spiro atoms. The SMILES string of the molecule is C=Cc1oc(=C/C)/c(=C\C=C/C)c(=O)c1C=C. The van der Waals surface area contributed by atoms with E-state index in [1.165, 1.54) is 12.2 Å². The number of rotatable bonds is 3. The second-order valence-electron chi connectivity index (χ2n) is 3.38. The maximum Gasteiger partial charge on any atom is 0.200 e. The van der Waals surface area contributed by atoms with Crippen molar-refractivity contribution in [3.8, 4) is 0 Å². The van der Waals surface area contributed by atoms with Gasteiger partial charge < -0.3 is 4.42 Å². The first kappa shape index (κ1) is 13.0. The molecule has 0 bridgehead atoms. The second-order valence-corrected chi connectivity index (χ2v) is 3.38. The summed E-state index contributed by atoms with van der Waals surface area (Å²) in [5.74, 6) is 0.454. The van der Waals surface area contributed by atoms with E-state index in [2.05, 4.69) is 13.2 Å². The first-order valence-corrected chi connectivity index (χ1v) is 5.40. The van der Waals surface area contributed by atoms with Crippen LogP contribution in [0.15, 0.2) is 34.5 Å². The lowest BCUT2D eigenvalue weighted by molar-refractivity contribution is 0.496. The van der Waals surface area contributed by atoms with E-state index in [0.29, 0.717) is 22.0 Å². The van der Waals surface area contributed by atoms with Gasteiger partial charge in [-0.1, -0.05) is 31.4 Å². The van der Waals surface area contributed by atoms with Gasteiger partial charge in [0.05, 0.1) is 10.8 Å². The molecule has 0 atom stereocenters. The van der Waals surface area contributed by atoms with Crippen LogP contribution in [-0.4, -0.2) is 0 Å². The predicted octanol–water partition coefficient (Wildman–Crippen LogP) is 2.08. The maximum atomic E-state index is 12.2. The minimum atomic E-state index is -0.0904. The van der Waals surface area contributed by atoms with Crippen LogP contribution in [0.4, 0.5) is 0 Å². The Kier molecular flexibility index (Phi) is 4.46. The van der Waals surface area contributed by atoms with Crippen molar-refractivity contribution in [2.75, 3.05) is 0 Å². The Morgan fingerprint density at radius 2 is 1.88 bits per heavy atom. The number of allylic oxidation sites excluding steroid dienone is 2. The molecule has 1 aromatic rings. The zero-order chi connectivity index (χ0) is 12.8. The fourth-order valence-corrected chi connectivity index (χ4v) is 1.51. The first-order chi connectivity index (χ1) is 8.19. The molecular weight excluding hydrogens is 212 g/mol. The van der Waals surface area contributed by atoms with E-state index < -0.39 is 0 Å². The summed E-state index contributed by atoms with van der Waals surface area (Å²) in [6.07, 6.45) is 10.2. The Morgan fingerprint density at radius 3 is 2.35 bits per heavy atom. The molecule has 17 heavy (non-hydrogen) atoms. The monoisotopic (exact) mass is 228 g/mol. The van der Waals surface area contributed by atoms with Gasteiger partial charge in [-0.05, 0) is 32.1 Å². The zero-order valence-electron chi connectivity index (χ0n) is 10.2. The maximum absolute atomic E-state index is 12.2. The van der Waals surface area contributed by atoms with E-state index in [1.54, 1.807) is 18.2 Å². The predicted molar refractivity (Wildman–Crippen MR) is 73.8 cm³/mol. The van der Waals surface area contributed by atoms with Crippen molar-refractivity contribution < 1.29 is 4.42 Å². The van der Waals surface area contributed by atoms with Gasteiger partial charge in [0.15, 0.2) is 5.43 Å². The molecule has 0 saturated carbocycles. The van der Waals surface area contributed by atoms with E-state index in [0.717, 1.165) is 0 Å². The lowest BCUT2D eigenvalue weighted by Crippen LogP contribution is -2.40. The van der Waals surface area contributed by atoms with Crippen LogP contribution in [-0.2, 0) is 0 Å². The van der Waals surface area contributed by atoms with Crippen LogP contribution in [0.25, 0.3) is 24.3 Å². The van der Waals surface area contributed by atoms with Crippen molar-refractivity contribution in [1.82, 2.24) is 0 Å². The van der Waals surface area contributed by atoms with Gasteiger partial charge in [0.2, 0.25) is 0 Å². The molecule has 0 fully saturated rings. The van der Waals surface area contributed by atoms with Gasteiger partial charge in [-0.2, -0.15) is 0 Å². The van der Waals surface area contributed by atoms with Crippen LogP contribution in [0.3, 0.4) is 0 Å². The summed E-state index contributed by atoms with van der Waals surface area (Å²) in [6, 6.07) is 0.